The lowest BCUT2D eigenvalue weighted by Crippen LogP contribution is -2.52. The molecule has 0 aliphatic carbocycles. The predicted octanol–water partition coefficient (Wildman–Crippen LogP) is 1.57. The summed E-state index contributed by atoms with van der Waals surface area (Å²) in [6.07, 6.45) is 0.913. The lowest BCUT2D eigenvalue weighted by molar-refractivity contribution is 0.0472. The molecule has 1 aliphatic rings. The number of amides is 1. The molecule has 0 radical (unpaired) electrons. The molecule has 1 N–H and O–H groups in total. The molecule has 1 amide bonds. The molecule has 1 aromatic heterocycles. The SMILES string of the molecule is CCC(CO)N1CCN(C(=O)c2cccc(-c3noc(C)n3)c2)CC1. The number of hydrogen-bond acceptors (Lipinski definition) is 6. The highest BCUT2D eigenvalue weighted by Crippen LogP contribution is 2.19. The molecule has 3 rings (SSSR count). The molecular formula is C18H24N4O3. The third-order valence-electron chi connectivity index (χ3n) is 4.70. The van der Waals surface area contributed by atoms with Gasteiger partial charge < -0.3 is 14.5 Å². The van der Waals surface area contributed by atoms with Gasteiger partial charge in [0.1, 0.15) is 0 Å². The molecule has 7 heteroatoms. The Kier molecular flexibility index (Phi) is 5.45. The Balaban J connectivity index is 1.68. The van der Waals surface area contributed by atoms with Crippen molar-refractivity contribution in [1.82, 2.24) is 19.9 Å². The fraction of sp³-hybridized carbons (Fsp3) is 0.500. The van der Waals surface area contributed by atoms with Gasteiger partial charge in [-0.15, -0.1) is 0 Å². The summed E-state index contributed by atoms with van der Waals surface area (Å²) in [7, 11) is 0. The normalized spacial score (nSPS) is 16.8. The fourth-order valence-corrected chi connectivity index (χ4v) is 3.18. The average molecular weight is 344 g/mol. The first-order valence-electron chi connectivity index (χ1n) is 8.67. The van der Waals surface area contributed by atoms with Crippen molar-refractivity contribution in [1.29, 1.82) is 0 Å². The number of hydrogen-bond donors (Lipinski definition) is 1. The molecule has 1 atom stereocenters. The molecule has 25 heavy (non-hydrogen) atoms. The monoisotopic (exact) mass is 344 g/mol. The number of carbonyl (C=O) groups excluding carboxylic acids is 1. The summed E-state index contributed by atoms with van der Waals surface area (Å²) in [5.74, 6) is 1.00. The van der Waals surface area contributed by atoms with Crippen LogP contribution in [0, 0.1) is 6.92 Å². The van der Waals surface area contributed by atoms with Crippen molar-refractivity contribution in [2.75, 3.05) is 32.8 Å². The standard InChI is InChI=1S/C18H24N4O3/c1-3-16(12-23)21-7-9-22(10-8-21)18(24)15-6-4-5-14(11-15)17-19-13(2)25-20-17/h4-6,11,16,23H,3,7-10,12H2,1-2H3. The second kappa shape index (κ2) is 7.76. The second-order valence-electron chi connectivity index (χ2n) is 6.29. The van der Waals surface area contributed by atoms with Crippen LogP contribution in [-0.2, 0) is 0 Å². The van der Waals surface area contributed by atoms with Gasteiger partial charge in [-0.3, -0.25) is 9.69 Å². The molecule has 2 heterocycles. The zero-order valence-electron chi connectivity index (χ0n) is 14.7. The van der Waals surface area contributed by atoms with Gasteiger partial charge in [-0.1, -0.05) is 24.2 Å². The first-order chi connectivity index (χ1) is 12.1. The first kappa shape index (κ1) is 17.6. The molecule has 1 fully saturated rings. The number of benzene rings is 1. The summed E-state index contributed by atoms with van der Waals surface area (Å²) in [5, 5.41) is 13.3. The zero-order chi connectivity index (χ0) is 17.8. The Labute approximate surface area is 147 Å². The van der Waals surface area contributed by atoms with E-state index in [4.69, 9.17) is 4.52 Å². The van der Waals surface area contributed by atoms with Crippen LogP contribution in [0.25, 0.3) is 11.4 Å². The van der Waals surface area contributed by atoms with Crippen LogP contribution in [0.1, 0.15) is 29.6 Å². The Morgan fingerprint density at radius 2 is 2.08 bits per heavy atom. The van der Waals surface area contributed by atoms with Gasteiger partial charge in [-0.25, -0.2) is 0 Å². The van der Waals surface area contributed by atoms with Gasteiger partial charge in [0.15, 0.2) is 0 Å². The summed E-state index contributed by atoms with van der Waals surface area (Å²) in [6, 6.07) is 7.51. The number of aliphatic hydroxyl groups excluding tert-OH is 1. The van der Waals surface area contributed by atoms with Crippen molar-refractivity contribution < 1.29 is 14.4 Å². The third kappa shape index (κ3) is 3.88. The van der Waals surface area contributed by atoms with Gasteiger partial charge in [0.25, 0.3) is 5.91 Å². The molecule has 2 aromatic rings. The van der Waals surface area contributed by atoms with E-state index in [1.165, 1.54) is 0 Å². The van der Waals surface area contributed by atoms with Crippen LogP contribution in [0.5, 0.6) is 0 Å². The Bertz CT molecular complexity index is 719. The van der Waals surface area contributed by atoms with E-state index in [1.807, 2.05) is 29.2 Å². The van der Waals surface area contributed by atoms with E-state index in [-0.39, 0.29) is 18.6 Å². The maximum absolute atomic E-state index is 12.8. The summed E-state index contributed by atoms with van der Waals surface area (Å²) in [5.41, 5.74) is 1.40. The van der Waals surface area contributed by atoms with Crippen LogP contribution in [0.15, 0.2) is 28.8 Å². The highest BCUT2D eigenvalue weighted by Gasteiger charge is 2.25. The molecule has 134 valence electrons. The molecular weight excluding hydrogens is 320 g/mol. The Hall–Kier alpha value is -2.25. The maximum atomic E-state index is 12.8. The van der Waals surface area contributed by atoms with Crippen LogP contribution in [-0.4, -0.2) is 69.8 Å². The van der Waals surface area contributed by atoms with Crippen molar-refractivity contribution >= 4 is 5.91 Å². The predicted molar refractivity (Wildman–Crippen MR) is 93.1 cm³/mol. The van der Waals surface area contributed by atoms with Crippen LogP contribution in [0.3, 0.4) is 0 Å². The molecule has 1 unspecified atom stereocenters. The number of aliphatic hydroxyl groups is 1. The average Bonchev–Trinajstić information content (AvgIpc) is 3.09. The van der Waals surface area contributed by atoms with E-state index < -0.39 is 0 Å². The molecule has 7 nitrogen and oxygen atoms in total. The minimum Gasteiger partial charge on any atom is -0.395 e. The highest BCUT2D eigenvalue weighted by molar-refractivity contribution is 5.95. The maximum Gasteiger partial charge on any atom is 0.253 e. The van der Waals surface area contributed by atoms with Crippen LogP contribution in [0.2, 0.25) is 0 Å². The molecule has 0 saturated carbocycles. The van der Waals surface area contributed by atoms with E-state index in [9.17, 15) is 9.90 Å². The minimum absolute atomic E-state index is 0.0127. The molecule has 0 bridgehead atoms. The second-order valence-corrected chi connectivity index (χ2v) is 6.29. The number of aromatic nitrogens is 2. The smallest absolute Gasteiger partial charge is 0.253 e. The Morgan fingerprint density at radius 3 is 2.68 bits per heavy atom. The van der Waals surface area contributed by atoms with Crippen LogP contribution in [0.4, 0.5) is 0 Å². The summed E-state index contributed by atoms with van der Waals surface area (Å²) >= 11 is 0. The van der Waals surface area contributed by atoms with Gasteiger partial charge in [0.2, 0.25) is 11.7 Å². The number of rotatable bonds is 5. The van der Waals surface area contributed by atoms with Crippen molar-refractivity contribution in [2.24, 2.45) is 0 Å². The van der Waals surface area contributed by atoms with Crippen molar-refractivity contribution in [3.05, 3.63) is 35.7 Å². The highest BCUT2D eigenvalue weighted by atomic mass is 16.5. The molecule has 1 saturated heterocycles. The summed E-state index contributed by atoms with van der Waals surface area (Å²) in [4.78, 5) is 21.1. The van der Waals surface area contributed by atoms with E-state index >= 15 is 0 Å². The number of carbonyl (C=O) groups is 1. The molecule has 0 spiro atoms. The fourth-order valence-electron chi connectivity index (χ4n) is 3.18. The number of aryl methyl sites for hydroxylation is 1. The van der Waals surface area contributed by atoms with E-state index in [2.05, 4.69) is 22.0 Å². The largest absolute Gasteiger partial charge is 0.395 e. The van der Waals surface area contributed by atoms with Crippen molar-refractivity contribution in [2.45, 2.75) is 26.3 Å². The van der Waals surface area contributed by atoms with Gasteiger partial charge in [0, 0.05) is 50.3 Å². The van der Waals surface area contributed by atoms with Crippen molar-refractivity contribution in [3.63, 3.8) is 0 Å². The minimum atomic E-state index is 0.0127. The number of nitrogens with zero attached hydrogens (tertiary/aromatic N) is 4. The lowest BCUT2D eigenvalue weighted by Gasteiger charge is -2.38. The van der Waals surface area contributed by atoms with Gasteiger partial charge >= 0.3 is 0 Å². The third-order valence-corrected chi connectivity index (χ3v) is 4.70. The van der Waals surface area contributed by atoms with Crippen LogP contribution < -0.4 is 0 Å². The first-order valence-corrected chi connectivity index (χ1v) is 8.67. The summed E-state index contributed by atoms with van der Waals surface area (Å²) in [6.45, 7) is 6.88. The topological polar surface area (TPSA) is 82.7 Å². The Morgan fingerprint density at radius 1 is 1.32 bits per heavy atom. The lowest BCUT2D eigenvalue weighted by atomic mass is 10.1. The summed E-state index contributed by atoms with van der Waals surface area (Å²) < 4.78 is 5.01. The van der Waals surface area contributed by atoms with E-state index in [0.717, 1.165) is 25.1 Å². The molecule has 1 aliphatic heterocycles. The van der Waals surface area contributed by atoms with E-state index in [1.54, 1.807) is 6.92 Å². The van der Waals surface area contributed by atoms with Crippen molar-refractivity contribution in [3.8, 4) is 11.4 Å². The van der Waals surface area contributed by atoms with Gasteiger partial charge in [-0.05, 0) is 18.6 Å². The van der Waals surface area contributed by atoms with Gasteiger partial charge in [-0.2, -0.15) is 4.98 Å². The zero-order valence-corrected chi connectivity index (χ0v) is 14.7. The van der Waals surface area contributed by atoms with Crippen LogP contribution >= 0.6 is 0 Å². The quantitative estimate of drug-likeness (QED) is 0.887. The van der Waals surface area contributed by atoms with E-state index in [0.29, 0.717) is 30.4 Å². The molecule has 1 aromatic carbocycles. The number of piperazine rings is 1. The van der Waals surface area contributed by atoms with Gasteiger partial charge in [0.05, 0.1) is 6.61 Å².